The van der Waals surface area contributed by atoms with Crippen LogP contribution in [0.3, 0.4) is 0 Å². The number of hydrogen-bond donors (Lipinski definition) is 4. The van der Waals surface area contributed by atoms with Gasteiger partial charge in [-0.15, -0.1) is 0 Å². The number of carboxylic acid groups (broad SMARTS) is 1. The van der Waals surface area contributed by atoms with Crippen LogP contribution in [0.5, 0.6) is 0 Å². The summed E-state index contributed by atoms with van der Waals surface area (Å²) in [5, 5.41) is 17.2. The van der Waals surface area contributed by atoms with Gasteiger partial charge < -0.3 is 30.7 Å². The fraction of sp³-hybridized carbons (Fsp3) is 0.385. The van der Waals surface area contributed by atoms with E-state index in [1.54, 1.807) is 45.0 Å². The number of carbonyl (C=O) groups is 4. The van der Waals surface area contributed by atoms with E-state index < -0.39 is 29.6 Å². The van der Waals surface area contributed by atoms with Crippen molar-refractivity contribution in [3.63, 3.8) is 0 Å². The molecule has 0 radical (unpaired) electrons. The van der Waals surface area contributed by atoms with Crippen LogP contribution in [0.1, 0.15) is 43.1 Å². The lowest BCUT2D eigenvalue weighted by Crippen LogP contribution is -2.47. The van der Waals surface area contributed by atoms with E-state index in [2.05, 4.69) is 16.0 Å². The van der Waals surface area contributed by atoms with Gasteiger partial charge in [0.1, 0.15) is 11.6 Å². The van der Waals surface area contributed by atoms with Gasteiger partial charge in [0.05, 0.1) is 5.56 Å². The quantitative estimate of drug-likeness (QED) is 0.394. The lowest BCUT2D eigenvalue weighted by atomic mass is 10.0. The first-order valence-corrected chi connectivity index (χ1v) is 11.5. The highest BCUT2D eigenvalue weighted by Gasteiger charge is 2.25. The van der Waals surface area contributed by atoms with E-state index >= 15 is 0 Å². The zero-order valence-electron chi connectivity index (χ0n) is 21.3. The van der Waals surface area contributed by atoms with Crippen molar-refractivity contribution < 1.29 is 29.0 Å². The molecule has 0 aliphatic rings. The topological polar surface area (TPSA) is 137 Å². The number of carboxylic acids is 1. The van der Waals surface area contributed by atoms with Crippen LogP contribution in [0.15, 0.2) is 48.5 Å². The molecule has 0 aliphatic carbocycles. The first-order valence-electron chi connectivity index (χ1n) is 11.5. The smallest absolute Gasteiger partial charge is 0.408 e. The molecule has 0 fully saturated rings. The number of amides is 3. The van der Waals surface area contributed by atoms with Crippen molar-refractivity contribution in [3.05, 3.63) is 59.7 Å². The lowest BCUT2D eigenvalue weighted by molar-refractivity contribution is -0.118. The van der Waals surface area contributed by atoms with Crippen LogP contribution in [-0.4, -0.2) is 66.2 Å². The lowest BCUT2D eigenvalue weighted by Gasteiger charge is -2.23. The fourth-order valence-corrected chi connectivity index (χ4v) is 3.09. The minimum atomic E-state index is -1.07. The zero-order chi connectivity index (χ0) is 26.9. The average Bonchev–Trinajstić information content (AvgIpc) is 2.77. The maximum Gasteiger partial charge on any atom is 0.408 e. The Morgan fingerprint density at radius 2 is 1.47 bits per heavy atom. The van der Waals surface area contributed by atoms with Gasteiger partial charge in [-0.05, 0) is 76.8 Å². The maximum absolute atomic E-state index is 13.0. The van der Waals surface area contributed by atoms with Crippen LogP contribution in [0.2, 0.25) is 0 Å². The molecule has 0 saturated carbocycles. The number of ether oxygens (including phenoxy) is 1. The molecule has 0 saturated heterocycles. The molecule has 194 valence electrons. The number of rotatable bonds is 10. The molecule has 0 aliphatic heterocycles. The van der Waals surface area contributed by atoms with Gasteiger partial charge in [-0.1, -0.05) is 12.1 Å². The molecular formula is C26H34N4O6. The van der Waals surface area contributed by atoms with Gasteiger partial charge in [-0.25, -0.2) is 9.59 Å². The van der Waals surface area contributed by atoms with Crippen molar-refractivity contribution in [1.82, 2.24) is 10.2 Å². The predicted molar refractivity (Wildman–Crippen MR) is 137 cm³/mol. The Balaban J connectivity index is 2.11. The molecule has 0 bridgehead atoms. The third-order valence-electron chi connectivity index (χ3n) is 4.87. The molecule has 2 aromatic rings. The van der Waals surface area contributed by atoms with Crippen LogP contribution >= 0.6 is 0 Å². The summed E-state index contributed by atoms with van der Waals surface area (Å²) in [6.45, 7) is 5.79. The molecule has 0 aromatic heterocycles. The largest absolute Gasteiger partial charge is 0.478 e. The van der Waals surface area contributed by atoms with Gasteiger partial charge in [-0.2, -0.15) is 0 Å². The molecule has 0 unspecified atom stereocenters. The van der Waals surface area contributed by atoms with Crippen molar-refractivity contribution in [3.8, 4) is 0 Å². The van der Waals surface area contributed by atoms with E-state index in [0.717, 1.165) is 5.56 Å². The molecule has 0 spiro atoms. The molecule has 10 nitrogen and oxygen atoms in total. The van der Waals surface area contributed by atoms with E-state index in [9.17, 15) is 19.2 Å². The Morgan fingerprint density at radius 1 is 0.917 bits per heavy atom. The molecule has 0 heterocycles. The summed E-state index contributed by atoms with van der Waals surface area (Å²) in [6.07, 6.45) is -0.217. The van der Waals surface area contributed by atoms with Crippen molar-refractivity contribution in [1.29, 1.82) is 0 Å². The second-order valence-electron chi connectivity index (χ2n) is 9.57. The van der Waals surface area contributed by atoms with Crippen molar-refractivity contribution in [2.75, 3.05) is 31.3 Å². The molecule has 2 aromatic carbocycles. The van der Waals surface area contributed by atoms with Crippen molar-refractivity contribution in [2.45, 2.75) is 45.3 Å². The fourth-order valence-electron chi connectivity index (χ4n) is 3.09. The number of nitrogens with one attached hydrogen (secondary N) is 3. The summed E-state index contributed by atoms with van der Waals surface area (Å²) in [5.74, 6) is -1.67. The first kappa shape index (κ1) is 28.3. The SMILES string of the molecule is CN(C)CCC(=O)Nc1ccc(C[C@H](NC(=O)OC(C)(C)C)C(=O)Nc2ccc(C(=O)O)cc2)cc1. The van der Waals surface area contributed by atoms with E-state index in [1.807, 2.05) is 19.0 Å². The molecule has 4 N–H and O–H groups in total. The van der Waals surface area contributed by atoms with Gasteiger partial charge in [0.2, 0.25) is 11.8 Å². The van der Waals surface area contributed by atoms with E-state index in [1.165, 1.54) is 24.3 Å². The summed E-state index contributed by atoms with van der Waals surface area (Å²) in [6, 6.07) is 11.7. The normalized spacial score (nSPS) is 11.9. The van der Waals surface area contributed by atoms with E-state index in [0.29, 0.717) is 24.3 Å². The minimum absolute atomic E-state index is 0.0883. The highest BCUT2D eigenvalue weighted by Crippen LogP contribution is 2.15. The molecule has 1 atom stereocenters. The second-order valence-corrected chi connectivity index (χ2v) is 9.57. The molecular weight excluding hydrogens is 464 g/mol. The standard InChI is InChI=1S/C26H34N4O6/c1-26(2,3)36-25(35)29-21(23(32)28-20-12-8-18(9-13-20)24(33)34)16-17-6-10-19(11-7-17)27-22(31)14-15-30(4)5/h6-13,21H,14-16H2,1-5H3,(H,27,31)(H,28,32)(H,29,35)(H,33,34)/t21-/m0/s1. The van der Waals surface area contributed by atoms with Crippen LogP contribution in [0.4, 0.5) is 16.2 Å². The van der Waals surface area contributed by atoms with Crippen LogP contribution in [0.25, 0.3) is 0 Å². The zero-order valence-corrected chi connectivity index (χ0v) is 21.3. The van der Waals surface area contributed by atoms with Crippen LogP contribution in [-0.2, 0) is 20.7 Å². The Kier molecular flexibility index (Phi) is 9.98. The summed E-state index contributed by atoms with van der Waals surface area (Å²) >= 11 is 0. The Morgan fingerprint density at radius 3 is 2.00 bits per heavy atom. The summed E-state index contributed by atoms with van der Waals surface area (Å²) in [4.78, 5) is 50.4. The maximum atomic E-state index is 13.0. The van der Waals surface area contributed by atoms with Gasteiger partial charge in [0.25, 0.3) is 0 Å². The van der Waals surface area contributed by atoms with Crippen molar-refractivity contribution >= 4 is 35.3 Å². The number of anilines is 2. The number of nitrogens with zero attached hydrogens (tertiary/aromatic N) is 1. The van der Waals surface area contributed by atoms with Gasteiger partial charge in [0.15, 0.2) is 0 Å². The molecule has 36 heavy (non-hydrogen) atoms. The van der Waals surface area contributed by atoms with Gasteiger partial charge >= 0.3 is 12.1 Å². The number of alkyl carbamates (subject to hydrolysis) is 1. The minimum Gasteiger partial charge on any atom is -0.478 e. The monoisotopic (exact) mass is 498 g/mol. The summed E-state index contributed by atoms with van der Waals surface area (Å²) < 4.78 is 5.30. The summed E-state index contributed by atoms with van der Waals surface area (Å²) in [7, 11) is 3.79. The number of carbonyl (C=O) groups excluding carboxylic acids is 3. The average molecular weight is 499 g/mol. The number of hydrogen-bond acceptors (Lipinski definition) is 6. The Hall–Kier alpha value is -3.92. The van der Waals surface area contributed by atoms with E-state index in [-0.39, 0.29) is 17.9 Å². The Bertz CT molecular complexity index is 1060. The van der Waals surface area contributed by atoms with Gasteiger partial charge in [-0.3, -0.25) is 9.59 Å². The number of benzene rings is 2. The summed E-state index contributed by atoms with van der Waals surface area (Å²) in [5.41, 5.74) is 1.10. The third-order valence-corrected chi connectivity index (χ3v) is 4.87. The molecule has 3 amide bonds. The molecule has 10 heteroatoms. The Labute approximate surface area is 211 Å². The predicted octanol–water partition coefficient (Wildman–Crippen LogP) is 3.35. The first-order chi connectivity index (χ1) is 16.8. The number of aromatic carboxylic acids is 1. The highest BCUT2D eigenvalue weighted by atomic mass is 16.6. The third kappa shape index (κ3) is 10.1. The molecule has 2 rings (SSSR count). The van der Waals surface area contributed by atoms with Crippen molar-refractivity contribution in [2.24, 2.45) is 0 Å². The highest BCUT2D eigenvalue weighted by molar-refractivity contribution is 5.97. The van der Waals surface area contributed by atoms with Crippen LogP contribution in [0, 0.1) is 0 Å². The van der Waals surface area contributed by atoms with Gasteiger partial charge in [0, 0.05) is 30.8 Å². The van der Waals surface area contributed by atoms with E-state index in [4.69, 9.17) is 9.84 Å². The van der Waals surface area contributed by atoms with Crippen LogP contribution < -0.4 is 16.0 Å². The second kappa shape index (κ2) is 12.7.